The average Bonchev–Trinajstić information content (AvgIpc) is 2.56. The fourth-order valence-corrected chi connectivity index (χ4v) is 3.63. The van der Waals surface area contributed by atoms with Gasteiger partial charge in [0.05, 0.1) is 6.61 Å². The molecular weight excluding hydrogens is 375 g/mol. The molecule has 0 saturated heterocycles. The Labute approximate surface area is 206 Å². The van der Waals surface area contributed by atoms with E-state index in [1.165, 1.54) is 77.0 Å². The van der Waals surface area contributed by atoms with E-state index in [1.807, 2.05) is 0 Å². The molecule has 152 valence electrons. The molecule has 0 aliphatic carbocycles. The van der Waals surface area contributed by atoms with E-state index in [-0.39, 0.29) is 63.9 Å². The summed E-state index contributed by atoms with van der Waals surface area (Å²) in [6.45, 7) is 4.50. The molecule has 0 amide bonds. The third-order valence-electron chi connectivity index (χ3n) is 4.88. The van der Waals surface area contributed by atoms with Crippen LogP contribution < -0.4 is 51.4 Å². The molecule has 1 atom stereocenters. The van der Waals surface area contributed by atoms with Gasteiger partial charge in [0, 0.05) is 0 Å². The van der Waals surface area contributed by atoms with Crippen LogP contribution in [0.2, 0.25) is 0 Å². The fraction of sp³-hybridized carbons (Fsp3) is 1.00. The molecule has 0 radical (unpaired) electrons. The summed E-state index contributed by atoms with van der Waals surface area (Å²) in [6.07, 6.45) is 19.5. The quantitative estimate of drug-likeness (QED) is 0.140. The molecule has 0 N–H and O–H groups in total. The van der Waals surface area contributed by atoms with E-state index in [0.717, 1.165) is 25.7 Å². The Kier molecular flexibility index (Phi) is 24.2. The van der Waals surface area contributed by atoms with Gasteiger partial charge in [0.2, 0.25) is 10.4 Å². The van der Waals surface area contributed by atoms with Crippen LogP contribution in [0.5, 0.6) is 0 Å². The maximum Gasteiger partial charge on any atom is 1.00 e. The van der Waals surface area contributed by atoms with Gasteiger partial charge in [0.25, 0.3) is 0 Å². The summed E-state index contributed by atoms with van der Waals surface area (Å²) in [6, 6.07) is 0. The van der Waals surface area contributed by atoms with E-state index < -0.39 is 10.4 Å². The normalized spacial score (nSPS) is 12.7. The zero-order valence-corrected chi connectivity index (χ0v) is 21.6. The third-order valence-corrected chi connectivity index (χ3v) is 5.30. The molecule has 0 rings (SSSR count). The van der Waals surface area contributed by atoms with Crippen LogP contribution in [0.15, 0.2) is 0 Å². The van der Waals surface area contributed by atoms with Crippen LogP contribution in [-0.2, 0) is 14.6 Å². The van der Waals surface area contributed by atoms with Crippen molar-refractivity contribution in [2.24, 2.45) is 5.92 Å². The van der Waals surface area contributed by atoms with Gasteiger partial charge in [-0.1, -0.05) is 104 Å². The van der Waals surface area contributed by atoms with Crippen molar-refractivity contribution in [3.8, 4) is 0 Å². The molecule has 0 aromatic carbocycles. The van der Waals surface area contributed by atoms with Gasteiger partial charge in [-0.2, -0.15) is 0 Å². The minimum absolute atomic E-state index is 0. The Morgan fingerprint density at radius 1 is 0.692 bits per heavy atom. The van der Waals surface area contributed by atoms with Crippen LogP contribution in [-0.4, -0.2) is 19.6 Å². The molecule has 0 aliphatic rings. The summed E-state index contributed by atoms with van der Waals surface area (Å²) in [5.41, 5.74) is 0. The molecule has 0 heterocycles. The molecule has 6 heteroatoms. The zero-order chi connectivity index (χ0) is 18.8. The average molecular weight is 417 g/mol. The first-order valence-electron chi connectivity index (χ1n) is 10.6. The number of unbranched alkanes of at least 4 members (excludes halogenated alkanes) is 12. The summed E-state index contributed by atoms with van der Waals surface area (Å²) < 4.78 is 36.6. The number of rotatable bonds is 19. The maximum absolute atomic E-state index is 10.7. The molecule has 0 fully saturated rings. The van der Waals surface area contributed by atoms with Crippen molar-refractivity contribution in [3.05, 3.63) is 0 Å². The van der Waals surface area contributed by atoms with Crippen molar-refractivity contribution in [3.63, 3.8) is 0 Å². The molecule has 26 heavy (non-hydrogen) atoms. The van der Waals surface area contributed by atoms with Gasteiger partial charge in [-0.05, 0) is 18.8 Å². The van der Waals surface area contributed by atoms with Crippen molar-refractivity contribution < 1.29 is 68.5 Å². The monoisotopic (exact) mass is 416 g/mol. The van der Waals surface area contributed by atoms with Gasteiger partial charge in [0.15, 0.2) is 0 Å². The third kappa shape index (κ3) is 23.5. The number of hydrogen-bond donors (Lipinski definition) is 0. The molecular formula is C20H41KO4S. The van der Waals surface area contributed by atoms with Gasteiger partial charge < -0.3 is 4.55 Å². The van der Waals surface area contributed by atoms with Gasteiger partial charge >= 0.3 is 51.4 Å². The van der Waals surface area contributed by atoms with Crippen molar-refractivity contribution >= 4 is 10.4 Å². The topological polar surface area (TPSA) is 66.4 Å². The minimum Gasteiger partial charge on any atom is -0.726 e. The summed E-state index contributed by atoms with van der Waals surface area (Å²) in [4.78, 5) is 0. The van der Waals surface area contributed by atoms with Gasteiger partial charge in [-0.3, -0.25) is 4.18 Å². The fourth-order valence-electron chi connectivity index (χ4n) is 3.27. The van der Waals surface area contributed by atoms with Gasteiger partial charge in [-0.15, -0.1) is 0 Å². The Morgan fingerprint density at radius 3 is 1.38 bits per heavy atom. The van der Waals surface area contributed by atoms with Crippen LogP contribution in [0.25, 0.3) is 0 Å². The predicted molar refractivity (Wildman–Crippen MR) is 104 cm³/mol. The Balaban J connectivity index is 0. The summed E-state index contributed by atoms with van der Waals surface area (Å²) in [5, 5.41) is 0. The van der Waals surface area contributed by atoms with Crippen molar-refractivity contribution in [1.82, 2.24) is 0 Å². The maximum atomic E-state index is 10.7. The zero-order valence-electron chi connectivity index (χ0n) is 17.6. The first kappa shape index (κ1) is 29.7. The van der Waals surface area contributed by atoms with Crippen LogP contribution in [0.1, 0.15) is 117 Å². The molecule has 0 bridgehead atoms. The molecule has 0 aromatic heterocycles. The van der Waals surface area contributed by atoms with Crippen molar-refractivity contribution in [2.45, 2.75) is 117 Å². The first-order valence-corrected chi connectivity index (χ1v) is 11.9. The largest absolute Gasteiger partial charge is 1.00 e. The predicted octanol–water partition coefficient (Wildman–Crippen LogP) is 3.36. The van der Waals surface area contributed by atoms with Gasteiger partial charge in [-0.25, -0.2) is 8.42 Å². The summed E-state index contributed by atoms with van der Waals surface area (Å²) in [7, 11) is -4.56. The Morgan fingerprint density at radius 2 is 1.04 bits per heavy atom. The molecule has 4 nitrogen and oxygen atoms in total. The molecule has 0 spiro atoms. The second-order valence-electron chi connectivity index (χ2n) is 7.38. The Bertz CT molecular complexity index is 374. The summed E-state index contributed by atoms with van der Waals surface area (Å²) >= 11 is 0. The SMILES string of the molecule is CCCCCCCCCCCC(CCCCCCC)COS(=O)(=O)[O-].[K+]. The minimum atomic E-state index is -4.56. The molecule has 0 aliphatic heterocycles. The van der Waals surface area contributed by atoms with E-state index >= 15 is 0 Å². The van der Waals surface area contributed by atoms with Crippen LogP contribution in [0.4, 0.5) is 0 Å². The molecule has 0 saturated carbocycles. The second-order valence-corrected chi connectivity index (χ2v) is 8.43. The molecule has 1 unspecified atom stereocenters. The molecule has 0 aromatic rings. The van der Waals surface area contributed by atoms with E-state index in [0.29, 0.717) is 0 Å². The van der Waals surface area contributed by atoms with E-state index in [4.69, 9.17) is 0 Å². The van der Waals surface area contributed by atoms with E-state index in [2.05, 4.69) is 18.0 Å². The van der Waals surface area contributed by atoms with Crippen molar-refractivity contribution in [1.29, 1.82) is 0 Å². The van der Waals surface area contributed by atoms with Crippen LogP contribution in [0, 0.1) is 5.92 Å². The van der Waals surface area contributed by atoms with Crippen LogP contribution >= 0.6 is 0 Å². The van der Waals surface area contributed by atoms with E-state index in [9.17, 15) is 13.0 Å². The van der Waals surface area contributed by atoms with Crippen molar-refractivity contribution in [2.75, 3.05) is 6.61 Å². The van der Waals surface area contributed by atoms with Gasteiger partial charge in [0.1, 0.15) is 0 Å². The standard InChI is InChI=1S/C20H42O4S.K/c1-3-5-7-9-10-11-12-14-16-18-20(19-24-25(21,22)23)17-15-13-8-6-4-2;/h20H,3-19H2,1-2H3,(H,21,22,23);/q;+1/p-1. The Hall–Kier alpha value is 1.51. The van der Waals surface area contributed by atoms with Crippen LogP contribution in [0.3, 0.4) is 0 Å². The number of hydrogen-bond acceptors (Lipinski definition) is 4. The smallest absolute Gasteiger partial charge is 0.726 e. The first-order chi connectivity index (χ1) is 12.0. The second kappa shape index (κ2) is 21.2. The van der Waals surface area contributed by atoms with E-state index in [1.54, 1.807) is 0 Å². The summed E-state index contributed by atoms with van der Waals surface area (Å²) in [5.74, 6) is 0.204.